The lowest BCUT2D eigenvalue weighted by Crippen LogP contribution is -2.61. The summed E-state index contributed by atoms with van der Waals surface area (Å²) in [5.41, 5.74) is -0.437. The molecule has 1 aliphatic heterocycles. The molecule has 5 heteroatoms. The van der Waals surface area contributed by atoms with Gasteiger partial charge in [0.1, 0.15) is 5.60 Å². The zero-order chi connectivity index (χ0) is 17.9. The highest BCUT2D eigenvalue weighted by molar-refractivity contribution is 7.09. The van der Waals surface area contributed by atoms with Gasteiger partial charge < -0.3 is 15.0 Å². The zero-order valence-corrected chi connectivity index (χ0v) is 16.7. The molecule has 1 unspecified atom stereocenters. The molecule has 4 nitrogen and oxygen atoms in total. The number of rotatable bonds is 3. The van der Waals surface area contributed by atoms with Gasteiger partial charge in [0.05, 0.1) is 0 Å². The fourth-order valence-electron chi connectivity index (χ4n) is 4.31. The molecule has 0 aromatic carbocycles. The standard InChI is InChI=1S/C20H32N2O2S/c1-19(2,3)24-18(23)22-12-9-16(21-15-17-8-7-13-25-17)14-20(22)10-5-4-6-11-20/h7-8,13,16,21H,4-6,9-12,14-15H2,1-3H3. The number of carbonyl (C=O) groups excluding carboxylic acids is 1. The van der Waals surface area contributed by atoms with Crippen LogP contribution in [0, 0.1) is 0 Å². The molecule has 2 aliphatic rings. The van der Waals surface area contributed by atoms with Gasteiger partial charge in [-0.15, -0.1) is 11.3 Å². The first-order valence-electron chi connectivity index (χ1n) is 9.64. The number of nitrogens with one attached hydrogen (secondary N) is 1. The van der Waals surface area contributed by atoms with Crippen LogP contribution in [0.25, 0.3) is 0 Å². The van der Waals surface area contributed by atoms with Crippen LogP contribution in [0.4, 0.5) is 4.79 Å². The molecule has 1 N–H and O–H groups in total. The summed E-state index contributed by atoms with van der Waals surface area (Å²) < 4.78 is 5.73. The van der Waals surface area contributed by atoms with Crippen molar-refractivity contribution in [3.8, 4) is 0 Å². The first kappa shape index (κ1) is 18.7. The van der Waals surface area contributed by atoms with E-state index in [9.17, 15) is 4.79 Å². The summed E-state index contributed by atoms with van der Waals surface area (Å²) in [5, 5.41) is 5.86. The van der Waals surface area contributed by atoms with Crippen LogP contribution in [0.15, 0.2) is 17.5 Å². The average molecular weight is 365 g/mol. The minimum absolute atomic E-state index is 0.00799. The molecule has 1 aromatic heterocycles. The molecule has 2 fully saturated rings. The molecule has 3 rings (SSSR count). The molecule has 1 atom stereocenters. The van der Waals surface area contributed by atoms with Crippen molar-refractivity contribution in [2.24, 2.45) is 0 Å². The predicted octanol–water partition coefficient (Wildman–Crippen LogP) is 4.94. The summed E-state index contributed by atoms with van der Waals surface area (Å²) in [5.74, 6) is 0. The lowest BCUT2D eigenvalue weighted by atomic mass is 9.73. The number of amides is 1. The molecule has 1 saturated heterocycles. The monoisotopic (exact) mass is 364 g/mol. The summed E-state index contributed by atoms with van der Waals surface area (Å²) in [6.45, 7) is 7.59. The summed E-state index contributed by atoms with van der Waals surface area (Å²) in [7, 11) is 0. The highest BCUT2D eigenvalue weighted by Gasteiger charge is 2.46. The second-order valence-electron chi connectivity index (χ2n) is 8.57. The van der Waals surface area contributed by atoms with Crippen molar-refractivity contribution in [2.45, 2.75) is 89.4 Å². The zero-order valence-electron chi connectivity index (χ0n) is 15.8. The maximum absolute atomic E-state index is 12.8. The highest BCUT2D eigenvalue weighted by Crippen LogP contribution is 2.41. The van der Waals surface area contributed by atoms with Crippen LogP contribution < -0.4 is 5.32 Å². The first-order chi connectivity index (χ1) is 11.9. The molecule has 0 radical (unpaired) electrons. The van der Waals surface area contributed by atoms with E-state index in [1.807, 2.05) is 20.8 Å². The average Bonchev–Trinajstić information content (AvgIpc) is 3.05. The van der Waals surface area contributed by atoms with E-state index in [1.165, 1.54) is 24.1 Å². The summed E-state index contributed by atoms with van der Waals surface area (Å²) in [4.78, 5) is 16.3. The molecule has 0 bridgehead atoms. The molecule has 1 aliphatic carbocycles. The van der Waals surface area contributed by atoms with E-state index >= 15 is 0 Å². The smallest absolute Gasteiger partial charge is 0.410 e. The number of carbonyl (C=O) groups is 1. The van der Waals surface area contributed by atoms with E-state index in [2.05, 4.69) is 27.7 Å². The van der Waals surface area contributed by atoms with Crippen LogP contribution in [0.3, 0.4) is 0 Å². The molecule has 140 valence electrons. The van der Waals surface area contributed by atoms with Crippen LogP contribution in [0.5, 0.6) is 0 Å². The van der Waals surface area contributed by atoms with Gasteiger partial charge in [-0.2, -0.15) is 0 Å². The van der Waals surface area contributed by atoms with Crippen LogP contribution in [-0.2, 0) is 11.3 Å². The molecule has 1 aromatic rings. The quantitative estimate of drug-likeness (QED) is 0.826. The Morgan fingerprint density at radius 2 is 2.12 bits per heavy atom. The van der Waals surface area contributed by atoms with E-state index in [0.29, 0.717) is 6.04 Å². The Balaban J connectivity index is 1.67. The molecule has 1 saturated carbocycles. The van der Waals surface area contributed by atoms with Crippen molar-refractivity contribution in [1.82, 2.24) is 10.2 Å². The number of thiophene rings is 1. The van der Waals surface area contributed by atoms with Gasteiger partial charge in [0.25, 0.3) is 0 Å². The van der Waals surface area contributed by atoms with Crippen molar-refractivity contribution in [3.05, 3.63) is 22.4 Å². The number of hydrogen-bond acceptors (Lipinski definition) is 4. The molecule has 1 spiro atoms. The van der Waals surface area contributed by atoms with Crippen molar-refractivity contribution < 1.29 is 9.53 Å². The summed E-state index contributed by atoms with van der Waals surface area (Å²) in [6, 6.07) is 4.78. The van der Waals surface area contributed by atoms with Crippen molar-refractivity contribution in [1.29, 1.82) is 0 Å². The SMILES string of the molecule is CC(C)(C)OC(=O)N1CCC(NCc2cccs2)CC12CCCCC2. The van der Waals surface area contributed by atoms with Crippen molar-refractivity contribution in [2.75, 3.05) is 6.54 Å². The first-order valence-corrected chi connectivity index (χ1v) is 10.5. The van der Waals surface area contributed by atoms with E-state index in [0.717, 1.165) is 38.8 Å². The Kier molecular flexibility index (Phi) is 5.74. The normalized spacial score (nSPS) is 23.6. The maximum atomic E-state index is 12.8. The highest BCUT2D eigenvalue weighted by atomic mass is 32.1. The predicted molar refractivity (Wildman–Crippen MR) is 103 cm³/mol. The number of hydrogen-bond donors (Lipinski definition) is 1. The van der Waals surface area contributed by atoms with E-state index in [-0.39, 0.29) is 11.6 Å². The second-order valence-corrected chi connectivity index (χ2v) is 9.60. The van der Waals surface area contributed by atoms with Crippen LogP contribution in [-0.4, -0.2) is 34.7 Å². The van der Waals surface area contributed by atoms with Gasteiger partial charge in [-0.3, -0.25) is 0 Å². The third-order valence-corrected chi connectivity index (χ3v) is 6.32. The van der Waals surface area contributed by atoms with Gasteiger partial charge in [0.2, 0.25) is 0 Å². The van der Waals surface area contributed by atoms with E-state index in [4.69, 9.17) is 4.74 Å². The number of ether oxygens (including phenoxy) is 1. The fraction of sp³-hybridized carbons (Fsp3) is 0.750. The Labute approximate surface area is 155 Å². The van der Waals surface area contributed by atoms with Gasteiger partial charge >= 0.3 is 6.09 Å². The van der Waals surface area contributed by atoms with E-state index < -0.39 is 5.60 Å². The molecule has 2 heterocycles. The van der Waals surface area contributed by atoms with Gasteiger partial charge in [-0.05, 0) is 57.9 Å². The second kappa shape index (κ2) is 7.67. The number of likely N-dealkylation sites (tertiary alicyclic amines) is 1. The van der Waals surface area contributed by atoms with Crippen molar-refractivity contribution in [3.63, 3.8) is 0 Å². The van der Waals surface area contributed by atoms with Gasteiger partial charge in [0, 0.05) is 29.5 Å². The van der Waals surface area contributed by atoms with Gasteiger partial charge in [0.15, 0.2) is 0 Å². The lowest BCUT2D eigenvalue weighted by Gasteiger charge is -2.51. The minimum Gasteiger partial charge on any atom is -0.444 e. The third-order valence-electron chi connectivity index (χ3n) is 5.44. The molecule has 25 heavy (non-hydrogen) atoms. The molecular formula is C20H32N2O2S. The van der Waals surface area contributed by atoms with Crippen LogP contribution in [0.1, 0.15) is 70.6 Å². The lowest BCUT2D eigenvalue weighted by molar-refractivity contribution is -0.0331. The van der Waals surface area contributed by atoms with Gasteiger partial charge in [-0.1, -0.05) is 25.3 Å². The largest absolute Gasteiger partial charge is 0.444 e. The molecular weight excluding hydrogens is 332 g/mol. The number of piperidine rings is 1. The Bertz CT molecular complexity index is 559. The Hall–Kier alpha value is -1.07. The minimum atomic E-state index is -0.429. The summed E-state index contributed by atoms with van der Waals surface area (Å²) in [6.07, 6.45) is 7.90. The Morgan fingerprint density at radius 1 is 1.36 bits per heavy atom. The third kappa shape index (κ3) is 4.76. The topological polar surface area (TPSA) is 41.6 Å². The van der Waals surface area contributed by atoms with Gasteiger partial charge in [-0.25, -0.2) is 4.79 Å². The van der Waals surface area contributed by atoms with Crippen LogP contribution in [0.2, 0.25) is 0 Å². The summed E-state index contributed by atoms with van der Waals surface area (Å²) >= 11 is 1.80. The van der Waals surface area contributed by atoms with E-state index in [1.54, 1.807) is 11.3 Å². The Morgan fingerprint density at radius 3 is 2.76 bits per heavy atom. The van der Waals surface area contributed by atoms with Crippen molar-refractivity contribution >= 4 is 17.4 Å². The number of nitrogens with zero attached hydrogens (tertiary/aromatic N) is 1. The maximum Gasteiger partial charge on any atom is 0.410 e. The van der Waals surface area contributed by atoms with Crippen LogP contribution >= 0.6 is 11.3 Å². The fourth-order valence-corrected chi connectivity index (χ4v) is 4.97. The molecule has 1 amide bonds.